The van der Waals surface area contributed by atoms with Gasteiger partial charge in [0.05, 0.1) is 5.69 Å². The largest absolute Gasteiger partial charge is 0.421 e. The highest BCUT2D eigenvalue weighted by Crippen LogP contribution is 2.24. The van der Waals surface area contributed by atoms with Crippen LogP contribution < -0.4 is 0 Å². The zero-order valence-electron chi connectivity index (χ0n) is 12.5. The van der Waals surface area contributed by atoms with Gasteiger partial charge in [-0.3, -0.25) is 5.10 Å². The molecule has 0 aliphatic carbocycles. The van der Waals surface area contributed by atoms with Crippen molar-refractivity contribution in [2.75, 3.05) is 0 Å². The molecule has 1 aromatic carbocycles. The lowest BCUT2D eigenvalue weighted by molar-refractivity contribution is 0.532. The van der Waals surface area contributed by atoms with E-state index in [2.05, 4.69) is 33.4 Å². The van der Waals surface area contributed by atoms with Crippen molar-refractivity contribution < 1.29 is 4.42 Å². The molecule has 0 saturated heterocycles. The first-order valence-electron chi connectivity index (χ1n) is 7.04. The fourth-order valence-corrected chi connectivity index (χ4v) is 2.55. The number of rotatable bonds is 4. The zero-order chi connectivity index (χ0) is 14.8. The van der Waals surface area contributed by atoms with Crippen molar-refractivity contribution in [2.45, 2.75) is 33.6 Å². The molecule has 0 aliphatic heterocycles. The summed E-state index contributed by atoms with van der Waals surface area (Å²) in [7, 11) is 0. The van der Waals surface area contributed by atoms with E-state index in [-0.39, 0.29) is 0 Å². The van der Waals surface area contributed by atoms with Gasteiger partial charge in [-0.05, 0) is 43.9 Å². The SMILES string of the molecule is Cc1nnc(-c2ccccc2CCc2c(C)n[nH]c2C)o1. The van der Waals surface area contributed by atoms with Gasteiger partial charge in [0, 0.05) is 18.2 Å². The molecule has 0 radical (unpaired) electrons. The van der Waals surface area contributed by atoms with Crippen LogP contribution in [0, 0.1) is 20.8 Å². The monoisotopic (exact) mass is 282 g/mol. The Labute approximate surface area is 123 Å². The predicted molar refractivity (Wildman–Crippen MR) is 79.9 cm³/mol. The molecule has 108 valence electrons. The topological polar surface area (TPSA) is 67.6 Å². The molecule has 0 atom stereocenters. The number of aromatic amines is 1. The van der Waals surface area contributed by atoms with Gasteiger partial charge in [-0.15, -0.1) is 10.2 Å². The van der Waals surface area contributed by atoms with Crippen molar-refractivity contribution in [2.24, 2.45) is 0 Å². The molecular formula is C16H18N4O. The van der Waals surface area contributed by atoms with Crippen molar-refractivity contribution >= 4 is 0 Å². The molecule has 21 heavy (non-hydrogen) atoms. The molecule has 3 aromatic rings. The Kier molecular flexibility index (Phi) is 3.56. The maximum Gasteiger partial charge on any atom is 0.247 e. The number of nitrogens with one attached hydrogen (secondary N) is 1. The Morgan fingerprint density at radius 3 is 2.52 bits per heavy atom. The summed E-state index contributed by atoms with van der Waals surface area (Å²) in [4.78, 5) is 0. The highest BCUT2D eigenvalue weighted by molar-refractivity contribution is 5.58. The second-order valence-electron chi connectivity index (χ2n) is 5.20. The quantitative estimate of drug-likeness (QED) is 0.798. The van der Waals surface area contributed by atoms with Gasteiger partial charge in [-0.1, -0.05) is 18.2 Å². The third-order valence-corrected chi connectivity index (χ3v) is 3.70. The molecule has 0 saturated carbocycles. The molecule has 3 rings (SSSR count). The van der Waals surface area contributed by atoms with E-state index in [0.29, 0.717) is 11.8 Å². The van der Waals surface area contributed by atoms with Crippen LogP contribution >= 0.6 is 0 Å². The third-order valence-electron chi connectivity index (χ3n) is 3.70. The Hall–Kier alpha value is -2.43. The standard InChI is InChI=1S/C16H18N4O/c1-10-14(11(2)18-17-10)9-8-13-6-4-5-7-15(13)16-20-19-12(3)21-16/h4-7H,8-9H2,1-3H3,(H,17,18). The van der Waals surface area contributed by atoms with E-state index in [1.54, 1.807) is 6.92 Å². The highest BCUT2D eigenvalue weighted by Gasteiger charge is 2.12. The van der Waals surface area contributed by atoms with E-state index in [0.717, 1.165) is 29.8 Å². The number of hydrogen-bond donors (Lipinski definition) is 1. The van der Waals surface area contributed by atoms with E-state index in [1.807, 2.05) is 25.1 Å². The van der Waals surface area contributed by atoms with Crippen molar-refractivity contribution in [1.29, 1.82) is 0 Å². The van der Waals surface area contributed by atoms with Crippen LogP contribution in [0.25, 0.3) is 11.5 Å². The van der Waals surface area contributed by atoms with Crippen molar-refractivity contribution in [3.05, 3.63) is 52.7 Å². The normalized spacial score (nSPS) is 11.0. The molecule has 0 unspecified atom stereocenters. The fourth-order valence-electron chi connectivity index (χ4n) is 2.55. The second-order valence-corrected chi connectivity index (χ2v) is 5.20. The lowest BCUT2D eigenvalue weighted by Crippen LogP contribution is -1.96. The first-order valence-corrected chi connectivity index (χ1v) is 7.04. The van der Waals surface area contributed by atoms with Gasteiger partial charge < -0.3 is 4.42 Å². The summed E-state index contributed by atoms with van der Waals surface area (Å²) in [5.41, 5.74) is 5.71. The Morgan fingerprint density at radius 1 is 1.05 bits per heavy atom. The molecule has 5 heteroatoms. The summed E-state index contributed by atoms with van der Waals surface area (Å²) in [6, 6.07) is 8.17. The number of nitrogens with zero attached hydrogens (tertiary/aromatic N) is 3. The number of aromatic nitrogens is 4. The van der Waals surface area contributed by atoms with E-state index >= 15 is 0 Å². The molecular weight excluding hydrogens is 264 g/mol. The van der Waals surface area contributed by atoms with E-state index in [1.165, 1.54) is 11.1 Å². The van der Waals surface area contributed by atoms with Gasteiger partial charge in [-0.25, -0.2) is 0 Å². The van der Waals surface area contributed by atoms with Crippen LogP contribution in [-0.4, -0.2) is 20.4 Å². The summed E-state index contributed by atoms with van der Waals surface area (Å²) in [6.07, 6.45) is 1.86. The summed E-state index contributed by atoms with van der Waals surface area (Å²) < 4.78 is 5.55. The summed E-state index contributed by atoms with van der Waals surface area (Å²) in [5.74, 6) is 1.17. The smallest absolute Gasteiger partial charge is 0.247 e. The van der Waals surface area contributed by atoms with Crippen LogP contribution in [0.2, 0.25) is 0 Å². The van der Waals surface area contributed by atoms with Gasteiger partial charge in [0.15, 0.2) is 0 Å². The Balaban J connectivity index is 1.86. The maximum absolute atomic E-state index is 5.55. The van der Waals surface area contributed by atoms with Crippen LogP contribution in [0.1, 0.15) is 28.4 Å². The summed E-state index contributed by atoms with van der Waals surface area (Å²) >= 11 is 0. The second kappa shape index (κ2) is 5.52. The van der Waals surface area contributed by atoms with Gasteiger partial charge in [-0.2, -0.15) is 5.10 Å². The number of benzene rings is 1. The minimum atomic E-state index is 0.585. The van der Waals surface area contributed by atoms with Crippen LogP contribution in [0.15, 0.2) is 28.7 Å². The molecule has 5 nitrogen and oxygen atoms in total. The van der Waals surface area contributed by atoms with E-state index in [9.17, 15) is 0 Å². The predicted octanol–water partition coefficient (Wildman–Crippen LogP) is 3.17. The summed E-state index contributed by atoms with van der Waals surface area (Å²) in [5, 5.41) is 15.3. The molecule has 2 aromatic heterocycles. The molecule has 1 N–H and O–H groups in total. The number of H-pyrrole nitrogens is 1. The van der Waals surface area contributed by atoms with Crippen molar-refractivity contribution in [3.8, 4) is 11.5 Å². The van der Waals surface area contributed by atoms with Gasteiger partial charge in [0.25, 0.3) is 0 Å². The van der Waals surface area contributed by atoms with E-state index < -0.39 is 0 Å². The highest BCUT2D eigenvalue weighted by atomic mass is 16.4. The molecule has 0 aliphatic rings. The molecule has 2 heterocycles. The lowest BCUT2D eigenvalue weighted by Gasteiger charge is -2.06. The fraction of sp³-hybridized carbons (Fsp3) is 0.312. The maximum atomic E-state index is 5.55. The average molecular weight is 282 g/mol. The Morgan fingerprint density at radius 2 is 1.86 bits per heavy atom. The Bertz CT molecular complexity index is 738. The van der Waals surface area contributed by atoms with Gasteiger partial charge in [0.2, 0.25) is 11.8 Å². The molecule has 0 bridgehead atoms. The molecule has 0 spiro atoms. The van der Waals surface area contributed by atoms with Crippen molar-refractivity contribution in [3.63, 3.8) is 0 Å². The van der Waals surface area contributed by atoms with Crippen molar-refractivity contribution in [1.82, 2.24) is 20.4 Å². The molecule has 0 fully saturated rings. The van der Waals surface area contributed by atoms with Crippen LogP contribution in [0.5, 0.6) is 0 Å². The third kappa shape index (κ3) is 2.72. The average Bonchev–Trinajstić information content (AvgIpc) is 3.04. The van der Waals surface area contributed by atoms with Crippen LogP contribution in [-0.2, 0) is 12.8 Å². The number of aryl methyl sites for hydroxylation is 4. The first-order chi connectivity index (χ1) is 10.1. The zero-order valence-corrected chi connectivity index (χ0v) is 12.5. The first kappa shape index (κ1) is 13.5. The molecule has 0 amide bonds. The lowest BCUT2D eigenvalue weighted by atomic mass is 9.99. The van der Waals surface area contributed by atoms with Gasteiger partial charge >= 0.3 is 0 Å². The van der Waals surface area contributed by atoms with E-state index in [4.69, 9.17) is 4.42 Å². The minimum absolute atomic E-state index is 0.585. The van der Waals surface area contributed by atoms with Crippen LogP contribution in [0.3, 0.4) is 0 Å². The number of hydrogen-bond acceptors (Lipinski definition) is 4. The summed E-state index contributed by atoms with van der Waals surface area (Å²) in [6.45, 7) is 5.89. The van der Waals surface area contributed by atoms with Gasteiger partial charge in [0.1, 0.15) is 0 Å². The van der Waals surface area contributed by atoms with Crippen LogP contribution in [0.4, 0.5) is 0 Å². The minimum Gasteiger partial charge on any atom is -0.421 e.